The monoisotopic (exact) mass is 468 g/mol. The van der Waals surface area contributed by atoms with Crippen molar-refractivity contribution in [2.45, 2.75) is 13.0 Å². The van der Waals surface area contributed by atoms with E-state index < -0.39 is 17.6 Å². The number of amides is 1. The van der Waals surface area contributed by atoms with Crippen molar-refractivity contribution in [1.29, 1.82) is 0 Å². The molecular weight excluding hydrogens is 446 g/mol. The third kappa shape index (κ3) is 5.46. The predicted molar refractivity (Wildman–Crippen MR) is 113 cm³/mol. The largest absolute Gasteiger partial charge is 0.474 e. The number of anilines is 1. The van der Waals surface area contributed by atoms with Gasteiger partial charge in [0, 0.05) is 38.3 Å². The second-order valence-electron chi connectivity index (χ2n) is 6.88. The fourth-order valence-corrected chi connectivity index (χ4v) is 3.29. The van der Waals surface area contributed by atoms with Crippen LogP contribution in [-0.4, -0.2) is 77.3 Å². The lowest BCUT2D eigenvalue weighted by Crippen LogP contribution is -2.49. The van der Waals surface area contributed by atoms with Crippen LogP contribution in [0.25, 0.3) is 5.69 Å². The Kier molecular flexibility index (Phi) is 7.51. The van der Waals surface area contributed by atoms with Crippen LogP contribution < -0.4 is 10.2 Å². The molecule has 13 heteroatoms. The zero-order valence-corrected chi connectivity index (χ0v) is 18.3. The van der Waals surface area contributed by atoms with E-state index in [0.717, 1.165) is 0 Å². The van der Waals surface area contributed by atoms with E-state index >= 15 is 0 Å². The summed E-state index contributed by atoms with van der Waals surface area (Å²) in [5.74, 6) is -2.52. The maximum absolute atomic E-state index is 14.8. The highest BCUT2D eigenvalue weighted by molar-refractivity contribution is 7.80. The number of thiocarbonyl (C=S) groups is 1. The average molecular weight is 468 g/mol. The summed E-state index contributed by atoms with van der Waals surface area (Å²) in [6.07, 6.45) is 1.16. The summed E-state index contributed by atoms with van der Waals surface area (Å²) in [6, 6.07) is 2.33. The number of methoxy groups -OCH3 is 2. The molecular formula is C19H22F2N6O4S. The molecule has 0 saturated carbocycles. The van der Waals surface area contributed by atoms with Crippen LogP contribution in [-0.2, 0) is 25.6 Å². The molecule has 3 rings (SSSR count). The summed E-state index contributed by atoms with van der Waals surface area (Å²) in [6.45, 7) is 1.16. The van der Waals surface area contributed by atoms with Crippen LogP contribution in [0.1, 0.15) is 12.1 Å². The van der Waals surface area contributed by atoms with Gasteiger partial charge in [0.25, 0.3) is 5.17 Å². The summed E-state index contributed by atoms with van der Waals surface area (Å²) in [5, 5.41) is 10.8. The molecule has 2 aromatic rings. The topological polar surface area (TPSA) is 102 Å². The number of halogens is 2. The molecule has 10 nitrogen and oxygen atoms in total. The van der Waals surface area contributed by atoms with Gasteiger partial charge < -0.3 is 24.6 Å². The van der Waals surface area contributed by atoms with Gasteiger partial charge in [-0.25, -0.2) is 13.5 Å². The number of aromatic nitrogens is 3. The molecule has 1 aromatic carbocycles. The Bertz CT molecular complexity index is 986. The molecule has 2 heterocycles. The normalized spacial score (nSPS) is 13.6. The van der Waals surface area contributed by atoms with E-state index in [0.29, 0.717) is 5.69 Å². The lowest BCUT2D eigenvalue weighted by molar-refractivity contribution is -0.146. The van der Waals surface area contributed by atoms with Crippen molar-refractivity contribution in [2.24, 2.45) is 0 Å². The van der Waals surface area contributed by atoms with Gasteiger partial charge in [-0.1, -0.05) is 5.21 Å². The standard InChI is InChI=1S/C19H22F2N6O4S/c1-30-17(29)9-16(28)25-3-5-26(6-4-25)18-14(20)7-13(8-15(18)21)27-11-12(23-24-27)10-22-19(32)31-2/h7-8,11H,3-6,9-10H2,1-2H3,(H,22,32). The molecule has 1 saturated heterocycles. The molecule has 0 unspecified atom stereocenters. The maximum Gasteiger partial charge on any atom is 0.315 e. The fraction of sp³-hybridized carbons (Fsp3) is 0.421. The van der Waals surface area contributed by atoms with E-state index in [9.17, 15) is 18.4 Å². The Hall–Kier alpha value is -3.35. The van der Waals surface area contributed by atoms with Crippen LogP contribution in [0, 0.1) is 11.6 Å². The van der Waals surface area contributed by atoms with Crippen molar-refractivity contribution in [3.63, 3.8) is 0 Å². The summed E-state index contributed by atoms with van der Waals surface area (Å²) >= 11 is 4.88. The Balaban J connectivity index is 1.67. The zero-order chi connectivity index (χ0) is 23.3. The van der Waals surface area contributed by atoms with Gasteiger partial charge in [-0.3, -0.25) is 9.59 Å². The van der Waals surface area contributed by atoms with E-state index in [2.05, 4.69) is 20.4 Å². The molecule has 1 aliphatic heterocycles. The smallest absolute Gasteiger partial charge is 0.315 e. The SMILES string of the molecule is COC(=O)CC(=O)N1CCN(c2c(F)cc(-n3cc(CNC(=S)OC)nn3)cc2F)CC1. The van der Waals surface area contributed by atoms with E-state index in [1.807, 2.05) is 0 Å². The van der Waals surface area contributed by atoms with Crippen LogP contribution in [0.3, 0.4) is 0 Å². The lowest BCUT2D eigenvalue weighted by atomic mass is 10.2. The number of nitrogens with zero attached hydrogens (tertiary/aromatic N) is 5. The minimum atomic E-state index is -0.759. The van der Waals surface area contributed by atoms with E-state index in [-0.39, 0.29) is 61.6 Å². The molecule has 0 radical (unpaired) electrons. The second kappa shape index (κ2) is 10.3. The number of carbonyl (C=O) groups is 2. The van der Waals surface area contributed by atoms with Gasteiger partial charge in [-0.2, -0.15) is 0 Å². The molecule has 32 heavy (non-hydrogen) atoms. The minimum absolute atomic E-state index is 0.170. The van der Waals surface area contributed by atoms with Crippen molar-refractivity contribution in [3.8, 4) is 5.69 Å². The van der Waals surface area contributed by atoms with Crippen molar-refractivity contribution in [1.82, 2.24) is 25.2 Å². The van der Waals surface area contributed by atoms with Gasteiger partial charge in [0.05, 0.1) is 32.6 Å². The van der Waals surface area contributed by atoms with E-state index in [4.69, 9.17) is 17.0 Å². The van der Waals surface area contributed by atoms with Crippen molar-refractivity contribution >= 4 is 35.0 Å². The molecule has 1 amide bonds. The molecule has 0 atom stereocenters. The van der Waals surface area contributed by atoms with E-state index in [1.54, 1.807) is 0 Å². The highest BCUT2D eigenvalue weighted by Crippen LogP contribution is 2.27. The first-order valence-electron chi connectivity index (χ1n) is 9.64. The molecule has 1 aliphatic rings. The molecule has 0 aliphatic carbocycles. The Morgan fingerprint density at radius 1 is 1.12 bits per heavy atom. The predicted octanol–water partition coefficient (Wildman–Crippen LogP) is 0.778. The number of hydrogen-bond acceptors (Lipinski definition) is 8. The number of esters is 1. The van der Waals surface area contributed by atoms with Crippen LogP contribution in [0.2, 0.25) is 0 Å². The third-order valence-electron chi connectivity index (χ3n) is 4.88. The van der Waals surface area contributed by atoms with Crippen LogP contribution >= 0.6 is 12.2 Å². The van der Waals surface area contributed by atoms with Gasteiger partial charge in [-0.15, -0.1) is 5.10 Å². The highest BCUT2D eigenvalue weighted by atomic mass is 32.1. The number of nitrogens with one attached hydrogen (secondary N) is 1. The lowest BCUT2D eigenvalue weighted by Gasteiger charge is -2.36. The number of carbonyl (C=O) groups excluding carboxylic acids is 2. The Morgan fingerprint density at radius 3 is 2.38 bits per heavy atom. The first-order valence-corrected chi connectivity index (χ1v) is 10.0. The van der Waals surface area contributed by atoms with E-state index in [1.165, 1.54) is 47.0 Å². The quantitative estimate of drug-likeness (QED) is 0.374. The Labute approximate surface area is 188 Å². The van der Waals surface area contributed by atoms with Crippen molar-refractivity contribution in [2.75, 3.05) is 45.3 Å². The Morgan fingerprint density at radius 2 is 1.78 bits per heavy atom. The zero-order valence-electron chi connectivity index (χ0n) is 17.5. The van der Waals surface area contributed by atoms with Crippen LogP contribution in [0.4, 0.5) is 14.5 Å². The molecule has 1 aromatic heterocycles. The molecule has 1 N–H and O–H groups in total. The van der Waals surface area contributed by atoms with Gasteiger partial charge >= 0.3 is 5.97 Å². The number of piperazine rings is 1. The number of hydrogen-bond donors (Lipinski definition) is 1. The number of rotatable bonds is 6. The van der Waals surface area contributed by atoms with Crippen molar-refractivity contribution < 1.29 is 27.8 Å². The summed E-state index contributed by atoms with van der Waals surface area (Å²) in [7, 11) is 2.63. The molecule has 0 bridgehead atoms. The molecule has 172 valence electrons. The maximum atomic E-state index is 14.8. The first-order chi connectivity index (χ1) is 15.3. The summed E-state index contributed by atoms with van der Waals surface area (Å²) in [4.78, 5) is 26.3. The molecule has 1 fully saturated rings. The summed E-state index contributed by atoms with van der Waals surface area (Å²) in [5.41, 5.74) is 0.493. The van der Waals surface area contributed by atoms with Gasteiger partial charge in [0.15, 0.2) is 11.6 Å². The highest BCUT2D eigenvalue weighted by Gasteiger charge is 2.26. The minimum Gasteiger partial charge on any atom is -0.474 e. The number of ether oxygens (including phenoxy) is 2. The average Bonchev–Trinajstić information content (AvgIpc) is 3.26. The van der Waals surface area contributed by atoms with Gasteiger partial charge in [0.2, 0.25) is 5.91 Å². The van der Waals surface area contributed by atoms with Gasteiger partial charge in [0.1, 0.15) is 17.8 Å². The van der Waals surface area contributed by atoms with Crippen LogP contribution in [0.15, 0.2) is 18.3 Å². The van der Waals surface area contributed by atoms with Crippen LogP contribution in [0.5, 0.6) is 0 Å². The second-order valence-corrected chi connectivity index (χ2v) is 7.25. The number of benzene rings is 1. The third-order valence-corrected chi connectivity index (χ3v) is 5.19. The summed E-state index contributed by atoms with van der Waals surface area (Å²) < 4.78 is 40.2. The van der Waals surface area contributed by atoms with Crippen molar-refractivity contribution in [3.05, 3.63) is 35.7 Å². The first kappa shape index (κ1) is 23.3. The molecule has 0 spiro atoms. The fourth-order valence-electron chi connectivity index (χ4n) is 3.21. The van der Waals surface area contributed by atoms with Gasteiger partial charge in [-0.05, 0) is 12.2 Å².